The molecule has 2 heterocycles. The second kappa shape index (κ2) is 9.91. The topological polar surface area (TPSA) is 106 Å². The van der Waals surface area contributed by atoms with Crippen LogP contribution in [0.15, 0.2) is 87.6 Å². The molecule has 0 radical (unpaired) electrons. The average Bonchev–Trinajstić information content (AvgIpc) is 3.06. The predicted octanol–water partition coefficient (Wildman–Crippen LogP) is 4.85. The summed E-state index contributed by atoms with van der Waals surface area (Å²) in [4.78, 5) is 16.8. The van der Waals surface area contributed by atoms with Crippen molar-refractivity contribution in [1.82, 2.24) is 14.1 Å². The maximum atomic E-state index is 12.9. The van der Waals surface area contributed by atoms with Crippen molar-refractivity contribution in [2.24, 2.45) is 0 Å². The Morgan fingerprint density at radius 2 is 1.72 bits per heavy atom. The molecule has 4 aromatic rings. The fourth-order valence-corrected chi connectivity index (χ4v) is 4.93. The molecular weight excluding hydrogens is 541 g/mol. The van der Waals surface area contributed by atoms with E-state index in [0.717, 1.165) is 4.57 Å². The number of pyridine rings is 1. The molecule has 0 bridgehead atoms. The Balaban J connectivity index is 1.55. The van der Waals surface area contributed by atoms with Crippen LogP contribution in [0.4, 0.5) is 19.0 Å². The molecule has 2 aromatic carbocycles. The average molecular weight is 557 g/mol. The molecule has 0 saturated heterocycles. The van der Waals surface area contributed by atoms with Gasteiger partial charge in [-0.3, -0.25) is 9.29 Å². The van der Waals surface area contributed by atoms with Crippen LogP contribution in [0.3, 0.4) is 0 Å². The molecule has 0 unspecified atom stereocenters. The van der Waals surface area contributed by atoms with Crippen LogP contribution in [-0.2, 0) is 16.6 Å². The van der Waals surface area contributed by atoms with Gasteiger partial charge in [-0.1, -0.05) is 11.6 Å². The number of hydrogen-bond acceptors (Lipinski definition) is 6. The van der Waals surface area contributed by atoms with Crippen molar-refractivity contribution in [2.45, 2.75) is 21.8 Å². The number of aromatic nitrogens is 3. The lowest BCUT2D eigenvalue weighted by atomic mass is 10.2. The van der Waals surface area contributed by atoms with Gasteiger partial charge in [-0.25, -0.2) is 22.8 Å². The van der Waals surface area contributed by atoms with Crippen LogP contribution in [-0.4, -0.2) is 33.2 Å². The number of alkyl halides is 3. The van der Waals surface area contributed by atoms with Gasteiger partial charge in [0, 0.05) is 16.1 Å². The molecule has 0 fully saturated rings. The van der Waals surface area contributed by atoms with Crippen LogP contribution in [0, 0.1) is 0 Å². The molecule has 0 atom stereocenters. The van der Waals surface area contributed by atoms with Crippen molar-refractivity contribution in [1.29, 1.82) is 0 Å². The quantitative estimate of drug-likeness (QED) is 0.315. The molecule has 0 aliphatic rings. The molecule has 14 heteroatoms. The molecule has 2 N–H and O–H groups in total. The summed E-state index contributed by atoms with van der Waals surface area (Å²) < 4.78 is 67.3. The van der Waals surface area contributed by atoms with Crippen LogP contribution < -0.4 is 10.4 Å². The second-order valence-corrected chi connectivity index (χ2v) is 10.6. The van der Waals surface area contributed by atoms with E-state index in [2.05, 4.69) is 9.71 Å². The maximum absolute atomic E-state index is 12.9. The zero-order valence-electron chi connectivity index (χ0n) is 18.0. The zero-order valence-corrected chi connectivity index (χ0v) is 20.4. The highest BCUT2D eigenvalue weighted by atomic mass is 35.5. The standard InChI is InChI=1S/C22H16ClF3N4O4S2/c23-15-1-7-18(8-2-15)36(33,34)28-19-11-14(9-10-27-19)12-29-13-20(31)30(21(29)32)16-3-5-17(6-4-16)35-22(24,25)26/h1-11,13,31H,12H2,(H,27,28). The predicted molar refractivity (Wildman–Crippen MR) is 129 cm³/mol. The monoisotopic (exact) mass is 556 g/mol. The normalized spacial score (nSPS) is 12.0. The van der Waals surface area contributed by atoms with Crippen LogP contribution in [0.25, 0.3) is 5.69 Å². The van der Waals surface area contributed by atoms with Crippen molar-refractivity contribution in [3.05, 3.63) is 94.1 Å². The zero-order chi connectivity index (χ0) is 26.1. The number of imidazole rings is 1. The highest BCUT2D eigenvalue weighted by Crippen LogP contribution is 2.37. The number of halogens is 4. The van der Waals surface area contributed by atoms with Gasteiger partial charge in [0.1, 0.15) is 5.82 Å². The first kappa shape index (κ1) is 25.7. The third-order valence-electron chi connectivity index (χ3n) is 4.81. The minimum atomic E-state index is -4.45. The van der Waals surface area contributed by atoms with Gasteiger partial charge < -0.3 is 5.11 Å². The number of nitrogens with one attached hydrogen (secondary N) is 1. The van der Waals surface area contributed by atoms with E-state index < -0.39 is 27.1 Å². The molecule has 0 aliphatic heterocycles. The number of aromatic hydroxyl groups is 1. The lowest BCUT2D eigenvalue weighted by Gasteiger charge is -2.09. The molecule has 0 saturated carbocycles. The summed E-state index contributed by atoms with van der Waals surface area (Å²) in [6.45, 7) is -0.0421. The van der Waals surface area contributed by atoms with Gasteiger partial charge in [0.15, 0.2) is 0 Å². The molecular formula is C22H16ClF3N4O4S2. The Hall–Kier alpha value is -3.42. The van der Waals surface area contributed by atoms with E-state index >= 15 is 0 Å². The SMILES string of the molecule is O=c1n(Cc2ccnc(NS(=O)(=O)c3ccc(Cl)cc3)c2)cc(O)n1-c1ccc(SC(F)(F)F)cc1. The van der Waals surface area contributed by atoms with Crippen molar-refractivity contribution in [3.8, 4) is 11.6 Å². The van der Waals surface area contributed by atoms with Crippen molar-refractivity contribution >= 4 is 39.2 Å². The fraction of sp³-hybridized carbons (Fsp3) is 0.0909. The number of benzene rings is 2. The van der Waals surface area contributed by atoms with Gasteiger partial charge in [0.25, 0.3) is 10.0 Å². The maximum Gasteiger partial charge on any atom is 0.446 e. The van der Waals surface area contributed by atoms with Crippen LogP contribution >= 0.6 is 23.4 Å². The second-order valence-electron chi connectivity index (χ2n) is 7.38. The molecule has 8 nitrogen and oxygen atoms in total. The van der Waals surface area contributed by atoms with Gasteiger partial charge in [-0.05, 0) is 78.0 Å². The summed E-state index contributed by atoms with van der Waals surface area (Å²) in [6.07, 6.45) is 2.52. The van der Waals surface area contributed by atoms with E-state index in [1.165, 1.54) is 71.6 Å². The van der Waals surface area contributed by atoms with E-state index in [1.54, 1.807) is 6.07 Å². The van der Waals surface area contributed by atoms with E-state index in [4.69, 9.17) is 11.6 Å². The van der Waals surface area contributed by atoms with Gasteiger partial charge in [-0.15, -0.1) is 0 Å². The number of sulfonamides is 1. The Bertz CT molecular complexity index is 1550. The number of anilines is 1. The number of nitrogens with zero attached hydrogens (tertiary/aromatic N) is 3. The van der Waals surface area contributed by atoms with E-state index in [-0.39, 0.29) is 39.6 Å². The minimum absolute atomic E-state index is 0.0110. The number of thioether (sulfide) groups is 1. The molecule has 0 aliphatic carbocycles. The Kier molecular flexibility index (Phi) is 7.07. The van der Waals surface area contributed by atoms with E-state index in [9.17, 15) is 31.5 Å². The van der Waals surface area contributed by atoms with Crippen molar-refractivity contribution in [2.75, 3.05) is 4.72 Å². The summed E-state index contributed by atoms with van der Waals surface area (Å²) in [6, 6.07) is 13.5. The molecule has 36 heavy (non-hydrogen) atoms. The third kappa shape index (κ3) is 6.04. The minimum Gasteiger partial charge on any atom is -0.493 e. The first-order valence-corrected chi connectivity index (χ1v) is 12.7. The van der Waals surface area contributed by atoms with Crippen molar-refractivity contribution < 1.29 is 26.7 Å². The Morgan fingerprint density at radius 1 is 1.06 bits per heavy atom. The summed E-state index contributed by atoms with van der Waals surface area (Å²) in [5.74, 6) is -0.411. The molecule has 0 spiro atoms. The van der Waals surface area contributed by atoms with Gasteiger partial charge >= 0.3 is 11.2 Å². The first-order valence-electron chi connectivity index (χ1n) is 10.0. The number of rotatable bonds is 7. The van der Waals surface area contributed by atoms with Crippen LogP contribution in [0.1, 0.15) is 5.56 Å². The molecule has 188 valence electrons. The van der Waals surface area contributed by atoms with Crippen LogP contribution in [0.2, 0.25) is 5.02 Å². The van der Waals surface area contributed by atoms with Gasteiger partial charge in [-0.2, -0.15) is 13.2 Å². The lowest BCUT2D eigenvalue weighted by Crippen LogP contribution is -2.23. The summed E-state index contributed by atoms with van der Waals surface area (Å²) in [5, 5.41) is 10.7. The number of hydrogen-bond donors (Lipinski definition) is 2. The Morgan fingerprint density at radius 3 is 2.36 bits per heavy atom. The summed E-state index contributed by atoms with van der Waals surface area (Å²) >= 11 is 5.51. The molecule has 0 amide bonds. The summed E-state index contributed by atoms with van der Waals surface area (Å²) in [7, 11) is -3.94. The van der Waals surface area contributed by atoms with E-state index in [1.807, 2.05) is 0 Å². The highest BCUT2D eigenvalue weighted by molar-refractivity contribution is 8.00. The summed E-state index contributed by atoms with van der Waals surface area (Å²) in [5.41, 5.74) is -4.43. The highest BCUT2D eigenvalue weighted by Gasteiger charge is 2.29. The fourth-order valence-electron chi connectivity index (χ4n) is 3.27. The smallest absolute Gasteiger partial charge is 0.446 e. The molecule has 2 aromatic heterocycles. The van der Waals surface area contributed by atoms with Gasteiger partial charge in [0.05, 0.1) is 23.3 Å². The van der Waals surface area contributed by atoms with Crippen LogP contribution in [0.5, 0.6) is 5.88 Å². The third-order valence-corrected chi connectivity index (χ3v) is 7.17. The lowest BCUT2D eigenvalue weighted by molar-refractivity contribution is -0.0328. The largest absolute Gasteiger partial charge is 0.493 e. The Labute approximate surface area is 212 Å². The van der Waals surface area contributed by atoms with Gasteiger partial charge in [0.2, 0.25) is 5.88 Å². The first-order chi connectivity index (χ1) is 16.9. The molecule has 4 rings (SSSR count). The van der Waals surface area contributed by atoms with E-state index in [0.29, 0.717) is 10.6 Å². The van der Waals surface area contributed by atoms with Crippen molar-refractivity contribution in [3.63, 3.8) is 0 Å².